The van der Waals surface area contributed by atoms with Gasteiger partial charge in [-0.1, -0.05) is 18.2 Å². The van der Waals surface area contributed by atoms with Gasteiger partial charge in [0.1, 0.15) is 6.54 Å². The van der Waals surface area contributed by atoms with Gasteiger partial charge in [-0.3, -0.25) is 24.1 Å². The number of thiophene rings is 1. The molecule has 7 nitrogen and oxygen atoms in total. The molecule has 1 aliphatic rings. The van der Waals surface area contributed by atoms with Crippen LogP contribution in [0.25, 0.3) is 0 Å². The number of carbonyl (C=O) groups excluding carboxylic acids is 4. The number of hydrogen-bond acceptors (Lipinski definition) is 6. The monoisotopic (exact) mass is 372 g/mol. The van der Waals surface area contributed by atoms with Crippen LogP contribution in [-0.4, -0.2) is 41.7 Å². The van der Waals surface area contributed by atoms with Crippen molar-refractivity contribution < 1.29 is 23.9 Å². The smallest absolute Gasteiger partial charge is 0.326 e. The van der Waals surface area contributed by atoms with Crippen LogP contribution in [0.4, 0.5) is 0 Å². The van der Waals surface area contributed by atoms with Crippen LogP contribution in [-0.2, 0) is 14.3 Å². The number of ether oxygens (including phenoxy) is 1. The number of fused-ring (bicyclic) bond motifs is 1. The number of nitrogens with one attached hydrogen (secondary N) is 1. The van der Waals surface area contributed by atoms with Gasteiger partial charge < -0.3 is 10.1 Å². The van der Waals surface area contributed by atoms with E-state index in [1.807, 2.05) is 24.4 Å². The molecule has 134 valence electrons. The van der Waals surface area contributed by atoms with Crippen molar-refractivity contribution in [3.8, 4) is 0 Å². The van der Waals surface area contributed by atoms with Crippen LogP contribution in [0.3, 0.4) is 0 Å². The third-order valence-corrected chi connectivity index (χ3v) is 4.93. The minimum Gasteiger partial charge on any atom is -0.454 e. The second-order valence-electron chi connectivity index (χ2n) is 5.71. The van der Waals surface area contributed by atoms with Crippen molar-refractivity contribution in [2.45, 2.75) is 13.0 Å². The maximum atomic E-state index is 12.2. The Bertz CT molecular complexity index is 827. The molecule has 3 amide bonds. The van der Waals surface area contributed by atoms with E-state index in [2.05, 4.69) is 5.32 Å². The number of rotatable bonds is 6. The Balaban J connectivity index is 1.50. The van der Waals surface area contributed by atoms with Gasteiger partial charge in [0, 0.05) is 4.88 Å². The first kappa shape index (κ1) is 17.8. The summed E-state index contributed by atoms with van der Waals surface area (Å²) in [5.41, 5.74) is 0.514. The van der Waals surface area contributed by atoms with Gasteiger partial charge in [-0.15, -0.1) is 11.3 Å². The minimum absolute atomic E-state index is 0.197. The van der Waals surface area contributed by atoms with Crippen molar-refractivity contribution in [2.75, 3.05) is 13.2 Å². The molecule has 3 rings (SSSR count). The minimum atomic E-state index is -0.821. The zero-order valence-electron chi connectivity index (χ0n) is 13.9. The van der Waals surface area contributed by atoms with Crippen LogP contribution < -0.4 is 5.32 Å². The Labute approximate surface area is 153 Å². The van der Waals surface area contributed by atoms with Gasteiger partial charge in [0.2, 0.25) is 0 Å². The standard InChI is InChI=1S/C18H16N2O5S/c1-11(14-7-4-8-26-14)19-15(21)10-25-16(22)9-20-17(23)12-5-2-3-6-13(12)18(20)24/h2-8,11H,9-10H2,1H3,(H,19,21)/t11-/m0/s1. The van der Waals surface area contributed by atoms with Crippen molar-refractivity contribution in [1.29, 1.82) is 0 Å². The summed E-state index contributed by atoms with van der Waals surface area (Å²) in [4.78, 5) is 49.9. The molecule has 1 aromatic carbocycles. The van der Waals surface area contributed by atoms with E-state index in [9.17, 15) is 19.2 Å². The van der Waals surface area contributed by atoms with Crippen LogP contribution in [0.1, 0.15) is 38.6 Å². The summed E-state index contributed by atoms with van der Waals surface area (Å²) in [6.07, 6.45) is 0. The maximum absolute atomic E-state index is 12.2. The molecule has 2 heterocycles. The molecule has 1 aliphatic heterocycles. The van der Waals surface area contributed by atoms with Crippen molar-refractivity contribution in [3.63, 3.8) is 0 Å². The van der Waals surface area contributed by atoms with E-state index in [1.54, 1.807) is 12.1 Å². The molecule has 0 unspecified atom stereocenters. The predicted octanol–water partition coefficient (Wildman–Crippen LogP) is 1.76. The lowest BCUT2D eigenvalue weighted by molar-refractivity contribution is -0.148. The molecule has 0 bridgehead atoms. The summed E-state index contributed by atoms with van der Waals surface area (Å²) in [6, 6.07) is 9.92. The second kappa shape index (κ2) is 7.49. The van der Waals surface area contributed by atoms with Crippen molar-refractivity contribution in [3.05, 3.63) is 57.8 Å². The summed E-state index contributed by atoms with van der Waals surface area (Å²) in [5, 5.41) is 4.61. The summed E-state index contributed by atoms with van der Waals surface area (Å²) in [5.74, 6) is -2.36. The van der Waals surface area contributed by atoms with Crippen molar-refractivity contribution >= 4 is 35.0 Å². The molecule has 0 aliphatic carbocycles. The first-order chi connectivity index (χ1) is 12.5. The number of carbonyl (C=O) groups is 4. The summed E-state index contributed by atoms with van der Waals surface area (Å²) < 4.78 is 4.89. The topological polar surface area (TPSA) is 92.8 Å². The van der Waals surface area contributed by atoms with Gasteiger partial charge in [-0.05, 0) is 30.5 Å². The number of benzene rings is 1. The average Bonchev–Trinajstić information content (AvgIpc) is 3.24. The van der Waals surface area contributed by atoms with E-state index in [1.165, 1.54) is 23.5 Å². The van der Waals surface area contributed by atoms with Crippen LogP contribution in [0.2, 0.25) is 0 Å². The van der Waals surface area contributed by atoms with Gasteiger partial charge in [0.15, 0.2) is 6.61 Å². The zero-order valence-corrected chi connectivity index (χ0v) is 14.7. The van der Waals surface area contributed by atoms with Crippen LogP contribution in [0, 0.1) is 0 Å². The molecule has 1 N–H and O–H groups in total. The summed E-state index contributed by atoms with van der Waals surface area (Å²) >= 11 is 1.51. The van der Waals surface area contributed by atoms with Gasteiger partial charge in [-0.25, -0.2) is 0 Å². The molecule has 0 spiro atoms. The highest BCUT2D eigenvalue weighted by Gasteiger charge is 2.36. The highest BCUT2D eigenvalue weighted by atomic mass is 32.1. The lowest BCUT2D eigenvalue weighted by Crippen LogP contribution is -2.37. The van der Waals surface area contributed by atoms with E-state index in [-0.39, 0.29) is 17.2 Å². The molecule has 1 atom stereocenters. The van der Waals surface area contributed by atoms with Gasteiger partial charge in [-0.2, -0.15) is 0 Å². The third-order valence-electron chi connectivity index (χ3n) is 3.88. The van der Waals surface area contributed by atoms with Crippen molar-refractivity contribution in [2.24, 2.45) is 0 Å². The van der Waals surface area contributed by atoms with Crippen molar-refractivity contribution in [1.82, 2.24) is 10.2 Å². The number of esters is 1. The molecule has 8 heteroatoms. The fraction of sp³-hybridized carbons (Fsp3) is 0.222. The lowest BCUT2D eigenvalue weighted by Gasteiger charge is -2.14. The molecule has 2 aromatic rings. The highest BCUT2D eigenvalue weighted by molar-refractivity contribution is 7.10. The van der Waals surface area contributed by atoms with Gasteiger partial charge >= 0.3 is 5.97 Å². The molecule has 1 aromatic heterocycles. The predicted molar refractivity (Wildman–Crippen MR) is 93.6 cm³/mol. The van der Waals surface area contributed by atoms with E-state index >= 15 is 0 Å². The van der Waals surface area contributed by atoms with Crippen LogP contribution >= 0.6 is 11.3 Å². The van der Waals surface area contributed by atoms with E-state index < -0.39 is 36.8 Å². The molecule has 26 heavy (non-hydrogen) atoms. The highest BCUT2D eigenvalue weighted by Crippen LogP contribution is 2.22. The Morgan fingerprint density at radius 2 is 1.77 bits per heavy atom. The third kappa shape index (κ3) is 3.65. The number of hydrogen-bond donors (Lipinski definition) is 1. The summed E-state index contributed by atoms with van der Waals surface area (Å²) in [7, 11) is 0. The molecule has 0 saturated heterocycles. The number of amides is 3. The first-order valence-electron chi connectivity index (χ1n) is 7.91. The van der Waals surface area contributed by atoms with Crippen LogP contribution in [0.15, 0.2) is 41.8 Å². The first-order valence-corrected chi connectivity index (χ1v) is 8.79. The fourth-order valence-electron chi connectivity index (χ4n) is 2.60. The fourth-order valence-corrected chi connectivity index (χ4v) is 3.33. The van der Waals surface area contributed by atoms with Crippen LogP contribution in [0.5, 0.6) is 0 Å². The molecule has 0 saturated carbocycles. The second-order valence-corrected chi connectivity index (χ2v) is 6.69. The SMILES string of the molecule is C[C@H](NC(=O)COC(=O)CN1C(=O)c2ccccc2C1=O)c1cccs1. The largest absolute Gasteiger partial charge is 0.454 e. The molecule has 0 fully saturated rings. The Morgan fingerprint density at radius 3 is 2.35 bits per heavy atom. The van der Waals surface area contributed by atoms with E-state index in [0.717, 1.165) is 9.78 Å². The maximum Gasteiger partial charge on any atom is 0.326 e. The molecular weight excluding hydrogens is 356 g/mol. The Hall–Kier alpha value is -3.00. The Kier molecular flexibility index (Phi) is 5.13. The van der Waals surface area contributed by atoms with Gasteiger partial charge in [0.25, 0.3) is 17.7 Å². The molecular formula is C18H16N2O5S. The quantitative estimate of drug-likeness (QED) is 0.616. The number of imide groups is 1. The number of nitrogens with zero attached hydrogens (tertiary/aromatic N) is 1. The van der Waals surface area contributed by atoms with Gasteiger partial charge in [0.05, 0.1) is 17.2 Å². The van der Waals surface area contributed by atoms with E-state index in [0.29, 0.717) is 0 Å². The Morgan fingerprint density at radius 1 is 1.12 bits per heavy atom. The average molecular weight is 372 g/mol. The summed E-state index contributed by atoms with van der Waals surface area (Å²) in [6.45, 7) is 0.822. The van der Waals surface area contributed by atoms with E-state index in [4.69, 9.17) is 4.74 Å². The normalized spacial score (nSPS) is 14.1. The zero-order chi connectivity index (χ0) is 18.7. The lowest BCUT2D eigenvalue weighted by atomic mass is 10.1. The molecule has 0 radical (unpaired) electrons.